The second-order valence-corrected chi connectivity index (χ2v) is 6.39. The number of β-amino-alcohol motifs (C(OH)–C–C–N with tert-alkyl or cyclic N) is 1. The first-order valence-electron chi connectivity index (χ1n) is 7.70. The van der Waals surface area contributed by atoms with E-state index in [9.17, 15) is 9.90 Å². The van der Waals surface area contributed by atoms with Crippen LogP contribution in [0.25, 0.3) is 0 Å². The second kappa shape index (κ2) is 5.30. The zero-order valence-electron chi connectivity index (χ0n) is 12.7. The number of aromatic nitrogens is 1. The first kappa shape index (κ1) is 14.3. The lowest BCUT2D eigenvalue weighted by molar-refractivity contribution is -0.0660. The van der Waals surface area contributed by atoms with Crippen LogP contribution in [-0.2, 0) is 0 Å². The van der Waals surface area contributed by atoms with Crippen molar-refractivity contribution in [1.29, 1.82) is 0 Å². The molecule has 5 heteroatoms. The average Bonchev–Trinajstić information content (AvgIpc) is 2.72. The highest BCUT2D eigenvalue weighted by molar-refractivity contribution is 5.95. The Morgan fingerprint density at radius 3 is 2.90 bits per heavy atom. The summed E-state index contributed by atoms with van der Waals surface area (Å²) >= 11 is 0. The van der Waals surface area contributed by atoms with Crippen LogP contribution in [0, 0.1) is 11.8 Å². The Morgan fingerprint density at radius 1 is 1.52 bits per heavy atom. The molecule has 1 aromatic rings. The van der Waals surface area contributed by atoms with Crippen LogP contribution < -0.4 is 5.32 Å². The molecule has 1 amide bonds. The summed E-state index contributed by atoms with van der Waals surface area (Å²) in [6.45, 7) is 3.13. The molecular weight excluding hydrogens is 266 g/mol. The molecule has 0 spiro atoms. The van der Waals surface area contributed by atoms with E-state index in [-0.39, 0.29) is 11.8 Å². The zero-order chi connectivity index (χ0) is 15.0. The van der Waals surface area contributed by atoms with Crippen LogP contribution in [0.1, 0.15) is 36.5 Å². The number of amides is 1. The highest BCUT2D eigenvalue weighted by Crippen LogP contribution is 2.44. The van der Waals surface area contributed by atoms with Gasteiger partial charge in [0.15, 0.2) is 0 Å². The van der Waals surface area contributed by atoms with Crippen LogP contribution in [0.15, 0.2) is 18.3 Å². The molecule has 1 aliphatic heterocycles. The van der Waals surface area contributed by atoms with Crippen molar-refractivity contribution in [3.05, 3.63) is 23.9 Å². The van der Waals surface area contributed by atoms with E-state index in [0.717, 1.165) is 12.8 Å². The molecule has 0 radical (unpaired) electrons. The lowest BCUT2D eigenvalue weighted by Gasteiger charge is -2.41. The van der Waals surface area contributed by atoms with Crippen molar-refractivity contribution in [2.24, 2.45) is 11.8 Å². The predicted octanol–water partition coefficient (Wildman–Crippen LogP) is 1.75. The Hall–Kier alpha value is -1.62. The van der Waals surface area contributed by atoms with Gasteiger partial charge in [0.2, 0.25) is 0 Å². The van der Waals surface area contributed by atoms with Gasteiger partial charge in [-0.05, 0) is 30.9 Å². The lowest BCUT2D eigenvalue weighted by atomic mass is 9.69. The zero-order valence-corrected chi connectivity index (χ0v) is 12.7. The smallest absolute Gasteiger partial charge is 0.254 e. The maximum Gasteiger partial charge on any atom is 0.254 e. The quantitative estimate of drug-likeness (QED) is 0.889. The van der Waals surface area contributed by atoms with E-state index in [4.69, 9.17) is 0 Å². The number of aliphatic hydroxyl groups is 1. The van der Waals surface area contributed by atoms with Crippen molar-refractivity contribution in [2.75, 3.05) is 25.5 Å². The van der Waals surface area contributed by atoms with Gasteiger partial charge in [-0.1, -0.05) is 13.3 Å². The van der Waals surface area contributed by atoms with Gasteiger partial charge < -0.3 is 15.3 Å². The Kier molecular flexibility index (Phi) is 3.61. The van der Waals surface area contributed by atoms with E-state index in [1.165, 1.54) is 6.42 Å². The fourth-order valence-electron chi connectivity index (χ4n) is 3.49. The van der Waals surface area contributed by atoms with Gasteiger partial charge in [0, 0.05) is 31.3 Å². The fraction of sp³-hybridized carbons (Fsp3) is 0.625. The molecule has 2 atom stereocenters. The largest absolute Gasteiger partial charge is 0.387 e. The number of carbonyl (C=O) groups excluding carboxylic acids is 1. The lowest BCUT2D eigenvalue weighted by Crippen LogP contribution is -2.48. The minimum absolute atomic E-state index is 0.0176. The van der Waals surface area contributed by atoms with E-state index < -0.39 is 5.60 Å². The molecule has 5 nitrogen and oxygen atoms in total. The third-order valence-electron chi connectivity index (χ3n) is 5.15. The molecular formula is C16H23N3O2. The molecule has 2 fully saturated rings. The van der Waals surface area contributed by atoms with E-state index in [1.807, 2.05) is 0 Å². The van der Waals surface area contributed by atoms with Gasteiger partial charge in [-0.2, -0.15) is 0 Å². The minimum Gasteiger partial charge on any atom is -0.387 e. The average molecular weight is 289 g/mol. The maximum absolute atomic E-state index is 12.6. The number of hydrogen-bond acceptors (Lipinski definition) is 4. The van der Waals surface area contributed by atoms with Crippen molar-refractivity contribution in [3.8, 4) is 0 Å². The van der Waals surface area contributed by atoms with E-state index in [2.05, 4.69) is 17.2 Å². The number of nitrogens with zero attached hydrogens (tertiary/aromatic N) is 2. The normalized spacial score (nSPS) is 29.3. The molecule has 0 aromatic carbocycles. The van der Waals surface area contributed by atoms with Crippen molar-refractivity contribution >= 4 is 11.7 Å². The summed E-state index contributed by atoms with van der Waals surface area (Å²) < 4.78 is 0. The molecule has 2 aliphatic rings. The van der Waals surface area contributed by atoms with Crippen molar-refractivity contribution < 1.29 is 9.90 Å². The Labute approximate surface area is 125 Å². The van der Waals surface area contributed by atoms with Crippen LogP contribution in [0.2, 0.25) is 0 Å². The van der Waals surface area contributed by atoms with Crippen LogP contribution in [-0.4, -0.2) is 46.6 Å². The van der Waals surface area contributed by atoms with Crippen LogP contribution in [0.5, 0.6) is 0 Å². The van der Waals surface area contributed by atoms with Crippen LogP contribution in [0.4, 0.5) is 5.82 Å². The molecule has 1 aromatic heterocycles. The van der Waals surface area contributed by atoms with Crippen molar-refractivity contribution in [1.82, 2.24) is 9.88 Å². The number of anilines is 1. The molecule has 0 unspecified atom stereocenters. The Morgan fingerprint density at radius 2 is 2.29 bits per heavy atom. The number of rotatable bonds is 3. The Balaban J connectivity index is 1.76. The van der Waals surface area contributed by atoms with Crippen molar-refractivity contribution in [3.63, 3.8) is 0 Å². The fourth-order valence-corrected chi connectivity index (χ4v) is 3.49. The standard InChI is InChI=1S/C16H23N3O2/c1-11-9-19(10-16(11,21)13-4-3-5-13)15(20)12-6-7-18-14(8-12)17-2/h6-8,11,13,21H,3-5,9-10H2,1-2H3,(H,17,18)/t11-,16+/m1/s1. The summed E-state index contributed by atoms with van der Waals surface area (Å²) in [6.07, 6.45) is 5.00. The van der Waals surface area contributed by atoms with E-state index in [0.29, 0.717) is 30.4 Å². The van der Waals surface area contributed by atoms with Crippen LogP contribution in [0.3, 0.4) is 0 Å². The van der Waals surface area contributed by atoms with Crippen LogP contribution >= 0.6 is 0 Å². The van der Waals surface area contributed by atoms with E-state index in [1.54, 1.807) is 30.3 Å². The highest BCUT2D eigenvalue weighted by Gasteiger charge is 2.51. The molecule has 2 heterocycles. The van der Waals surface area contributed by atoms with Gasteiger partial charge in [0.05, 0.1) is 12.1 Å². The van der Waals surface area contributed by atoms with Gasteiger partial charge in [-0.25, -0.2) is 4.98 Å². The highest BCUT2D eigenvalue weighted by atomic mass is 16.3. The number of nitrogens with one attached hydrogen (secondary N) is 1. The minimum atomic E-state index is -0.702. The third kappa shape index (κ3) is 2.39. The van der Waals surface area contributed by atoms with Gasteiger partial charge in [-0.15, -0.1) is 0 Å². The number of pyridine rings is 1. The topological polar surface area (TPSA) is 65.5 Å². The predicted molar refractivity (Wildman–Crippen MR) is 81.1 cm³/mol. The summed E-state index contributed by atoms with van der Waals surface area (Å²) in [4.78, 5) is 18.6. The molecule has 2 N–H and O–H groups in total. The summed E-state index contributed by atoms with van der Waals surface area (Å²) in [5.74, 6) is 1.16. The first-order chi connectivity index (χ1) is 10.0. The van der Waals surface area contributed by atoms with Gasteiger partial charge in [0.25, 0.3) is 5.91 Å². The summed E-state index contributed by atoms with van der Waals surface area (Å²) in [7, 11) is 1.78. The molecule has 0 bridgehead atoms. The molecule has 21 heavy (non-hydrogen) atoms. The third-order valence-corrected chi connectivity index (χ3v) is 5.15. The van der Waals surface area contributed by atoms with Gasteiger partial charge in [-0.3, -0.25) is 4.79 Å². The SMILES string of the molecule is CNc1cc(C(=O)N2C[C@@H](C)[C@](O)(C3CCC3)C2)ccn1. The number of hydrogen-bond donors (Lipinski definition) is 2. The van der Waals surface area contributed by atoms with Gasteiger partial charge in [0.1, 0.15) is 5.82 Å². The second-order valence-electron chi connectivity index (χ2n) is 6.39. The van der Waals surface area contributed by atoms with E-state index >= 15 is 0 Å². The summed E-state index contributed by atoms with van der Waals surface area (Å²) in [5, 5.41) is 13.9. The first-order valence-corrected chi connectivity index (χ1v) is 7.70. The monoisotopic (exact) mass is 289 g/mol. The summed E-state index contributed by atoms with van der Waals surface area (Å²) in [6, 6.07) is 3.49. The molecule has 1 saturated carbocycles. The molecule has 3 rings (SSSR count). The molecule has 1 saturated heterocycles. The molecule has 1 aliphatic carbocycles. The Bertz CT molecular complexity index is 544. The number of likely N-dealkylation sites (tertiary alicyclic amines) is 1. The summed E-state index contributed by atoms with van der Waals surface area (Å²) in [5.41, 5.74) is -0.0772. The van der Waals surface area contributed by atoms with Gasteiger partial charge >= 0.3 is 0 Å². The maximum atomic E-state index is 12.6. The molecule has 114 valence electrons. The number of carbonyl (C=O) groups is 1. The van der Waals surface area contributed by atoms with Crippen molar-refractivity contribution in [2.45, 2.75) is 31.8 Å².